The van der Waals surface area contributed by atoms with Crippen LogP contribution < -0.4 is 5.32 Å². The van der Waals surface area contributed by atoms with Crippen LogP contribution in [-0.4, -0.2) is 33.1 Å². The molecule has 0 amide bonds. The molecule has 14 heavy (non-hydrogen) atoms. The van der Waals surface area contributed by atoms with Gasteiger partial charge in [0.15, 0.2) is 6.29 Å². The van der Waals surface area contributed by atoms with Crippen molar-refractivity contribution in [2.45, 2.75) is 32.6 Å². The fraction of sp³-hybridized carbons (Fsp3) is 0.900. The average molecular weight is 200 g/mol. The van der Waals surface area contributed by atoms with E-state index in [-0.39, 0.29) is 12.3 Å². The van der Waals surface area contributed by atoms with E-state index in [1.165, 1.54) is 0 Å². The van der Waals surface area contributed by atoms with Gasteiger partial charge in [-0.3, -0.25) is 0 Å². The summed E-state index contributed by atoms with van der Waals surface area (Å²) < 4.78 is 10.1. The Morgan fingerprint density at radius 1 is 1.29 bits per heavy atom. The fourth-order valence-corrected chi connectivity index (χ4v) is 1.04. The molecule has 0 aliphatic rings. The van der Waals surface area contributed by atoms with Gasteiger partial charge in [0.05, 0.1) is 6.07 Å². The maximum Gasteiger partial charge on any atom is 0.159 e. The van der Waals surface area contributed by atoms with E-state index in [4.69, 9.17) is 14.7 Å². The molecule has 0 rings (SSSR count). The Morgan fingerprint density at radius 2 is 1.86 bits per heavy atom. The summed E-state index contributed by atoms with van der Waals surface area (Å²) >= 11 is 0. The minimum Gasteiger partial charge on any atom is -0.356 e. The highest BCUT2D eigenvalue weighted by atomic mass is 16.7. The largest absolute Gasteiger partial charge is 0.356 e. The van der Waals surface area contributed by atoms with Gasteiger partial charge in [-0.25, -0.2) is 0 Å². The Balaban J connectivity index is 3.84. The normalized spacial score (nSPS) is 13.2. The SMILES string of the molecule is COC(CC(C#N)NCC(C)C)OC. The Bertz CT molecular complexity index is 173. The van der Waals surface area contributed by atoms with Crippen molar-refractivity contribution in [2.75, 3.05) is 20.8 Å². The molecule has 0 aromatic rings. The van der Waals surface area contributed by atoms with Crippen LogP contribution in [0.4, 0.5) is 0 Å². The second kappa shape index (κ2) is 7.74. The van der Waals surface area contributed by atoms with Gasteiger partial charge in [-0.05, 0) is 12.5 Å². The highest BCUT2D eigenvalue weighted by molar-refractivity contribution is 4.90. The predicted molar refractivity (Wildman–Crippen MR) is 54.7 cm³/mol. The summed E-state index contributed by atoms with van der Waals surface area (Å²) in [6.45, 7) is 5.04. The third kappa shape index (κ3) is 5.92. The van der Waals surface area contributed by atoms with Gasteiger partial charge >= 0.3 is 0 Å². The first kappa shape index (κ1) is 13.4. The molecule has 0 radical (unpaired) electrons. The topological polar surface area (TPSA) is 54.3 Å². The predicted octanol–water partition coefficient (Wildman–Crippen LogP) is 1.13. The average Bonchev–Trinajstić information content (AvgIpc) is 2.18. The zero-order valence-corrected chi connectivity index (χ0v) is 9.41. The lowest BCUT2D eigenvalue weighted by Crippen LogP contribution is -2.35. The summed E-state index contributed by atoms with van der Waals surface area (Å²) in [5.74, 6) is 0.536. The third-order valence-corrected chi connectivity index (χ3v) is 1.88. The third-order valence-electron chi connectivity index (χ3n) is 1.88. The number of hydrogen-bond donors (Lipinski definition) is 1. The molecule has 0 heterocycles. The van der Waals surface area contributed by atoms with Crippen LogP contribution in [0.25, 0.3) is 0 Å². The first-order valence-corrected chi connectivity index (χ1v) is 4.82. The van der Waals surface area contributed by atoms with Crippen LogP contribution in [0.3, 0.4) is 0 Å². The molecule has 0 aliphatic carbocycles. The summed E-state index contributed by atoms with van der Waals surface area (Å²) in [5, 5.41) is 12.0. The van der Waals surface area contributed by atoms with Crippen molar-refractivity contribution in [1.82, 2.24) is 5.32 Å². The standard InChI is InChI=1S/C10H20N2O2/c1-8(2)7-12-9(6-11)5-10(13-3)14-4/h8-10,12H,5,7H2,1-4H3. The van der Waals surface area contributed by atoms with Crippen LogP contribution in [0.1, 0.15) is 20.3 Å². The smallest absolute Gasteiger partial charge is 0.159 e. The van der Waals surface area contributed by atoms with E-state index < -0.39 is 0 Å². The molecule has 0 spiro atoms. The van der Waals surface area contributed by atoms with Gasteiger partial charge in [-0.15, -0.1) is 0 Å². The molecule has 1 atom stereocenters. The van der Waals surface area contributed by atoms with Crippen LogP contribution in [0, 0.1) is 17.2 Å². The van der Waals surface area contributed by atoms with E-state index in [2.05, 4.69) is 25.2 Å². The second-order valence-electron chi connectivity index (χ2n) is 3.62. The van der Waals surface area contributed by atoms with Gasteiger partial charge in [-0.2, -0.15) is 5.26 Å². The van der Waals surface area contributed by atoms with Crippen molar-refractivity contribution in [3.05, 3.63) is 0 Å². The number of hydrogen-bond acceptors (Lipinski definition) is 4. The van der Waals surface area contributed by atoms with E-state index in [0.29, 0.717) is 12.3 Å². The zero-order chi connectivity index (χ0) is 11.0. The maximum absolute atomic E-state index is 8.86. The minimum atomic E-state index is -0.306. The molecular weight excluding hydrogens is 180 g/mol. The van der Waals surface area contributed by atoms with Gasteiger partial charge in [0.25, 0.3) is 0 Å². The molecule has 4 nitrogen and oxygen atoms in total. The van der Waals surface area contributed by atoms with E-state index in [1.54, 1.807) is 14.2 Å². The Kier molecular flexibility index (Phi) is 7.40. The maximum atomic E-state index is 8.86. The molecule has 1 unspecified atom stereocenters. The Morgan fingerprint density at radius 3 is 2.21 bits per heavy atom. The lowest BCUT2D eigenvalue weighted by molar-refractivity contribution is -0.108. The summed E-state index contributed by atoms with van der Waals surface area (Å²) in [4.78, 5) is 0. The first-order chi connectivity index (χ1) is 6.63. The quantitative estimate of drug-likeness (QED) is 0.626. The molecule has 0 aromatic heterocycles. The molecule has 0 aromatic carbocycles. The molecule has 1 N–H and O–H groups in total. The summed E-state index contributed by atoms with van der Waals surface area (Å²) in [7, 11) is 3.15. The molecule has 0 saturated heterocycles. The number of nitriles is 1. The lowest BCUT2D eigenvalue weighted by Gasteiger charge is -2.18. The van der Waals surface area contributed by atoms with Gasteiger partial charge in [0.2, 0.25) is 0 Å². The second-order valence-corrected chi connectivity index (χ2v) is 3.62. The van der Waals surface area contributed by atoms with Crippen LogP contribution in [0.15, 0.2) is 0 Å². The number of nitrogens with one attached hydrogen (secondary N) is 1. The summed E-state index contributed by atoms with van der Waals surface area (Å²) in [6, 6.07) is 1.98. The monoisotopic (exact) mass is 200 g/mol. The molecular formula is C10H20N2O2. The summed E-state index contributed by atoms with van der Waals surface area (Å²) in [5.41, 5.74) is 0. The van der Waals surface area contributed by atoms with Gasteiger partial charge in [0.1, 0.15) is 6.04 Å². The molecule has 82 valence electrons. The van der Waals surface area contributed by atoms with Gasteiger partial charge in [-0.1, -0.05) is 13.8 Å². The number of ether oxygens (including phenoxy) is 2. The minimum absolute atomic E-state index is 0.206. The van der Waals surface area contributed by atoms with E-state index in [9.17, 15) is 0 Å². The van der Waals surface area contributed by atoms with E-state index in [1.807, 2.05) is 0 Å². The molecule has 0 aliphatic heterocycles. The zero-order valence-electron chi connectivity index (χ0n) is 9.41. The number of methoxy groups -OCH3 is 2. The van der Waals surface area contributed by atoms with Crippen molar-refractivity contribution in [2.24, 2.45) is 5.92 Å². The summed E-state index contributed by atoms with van der Waals surface area (Å²) in [6.07, 6.45) is 0.246. The van der Waals surface area contributed by atoms with Crippen molar-refractivity contribution in [3.63, 3.8) is 0 Å². The number of nitrogens with zero attached hydrogens (tertiary/aromatic N) is 1. The molecule has 0 bridgehead atoms. The van der Waals surface area contributed by atoms with E-state index >= 15 is 0 Å². The van der Waals surface area contributed by atoms with Crippen molar-refractivity contribution < 1.29 is 9.47 Å². The molecule has 4 heteroatoms. The van der Waals surface area contributed by atoms with Crippen LogP contribution in [-0.2, 0) is 9.47 Å². The lowest BCUT2D eigenvalue weighted by atomic mass is 10.1. The molecule has 0 saturated carbocycles. The Hall–Kier alpha value is -0.630. The highest BCUT2D eigenvalue weighted by Crippen LogP contribution is 2.02. The van der Waals surface area contributed by atoms with Crippen molar-refractivity contribution in [1.29, 1.82) is 5.26 Å². The molecule has 0 fully saturated rings. The first-order valence-electron chi connectivity index (χ1n) is 4.82. The highest BCUT2D eigenvalue weighted by Gasteiger charge is 2.14. The van der Waals surface area contributed by atoms with Gasteiger partial charge < -0.3 is 14.8 Å². The van der Waals surface area contributed by atoms with Crippen LogP contribution in [0.2, 0.25) is 0 Å². The number of rotatable bonds is 7. The van der Waals surface area contributed by atoms with Crippen molar-refractivity contribution >= 4 is 0 Å². The van der Waals surface area contributed by atoms with Gasteiger partial charge in [0, 0.05) is 20.6 Å². The fourth-order valence-electron chi connectivity index (χ4n) is 1.04. The van der Waals surface area contributed by atoms with Crippen LogP contribution >= 0.6 is 0 Å². The van der Waals surface area contributed by atoms with Crippen LogP contribution in [0.5, 0.6) is 0 Å². The Labute approximate surface area is 86.2 Å². The van der Waals surface area contributed by atoms with E-state index in [0.717, 1.165) is 6.54 Å². The van der Waals surface area contributed by atoms with Crippen molar-refractivity contribution in [3.8, 4) is 6.07 Å².